The van der Waals surface area contributed by atoms with Crippen LogP contribution >= 0.6 is 0 Å². The lowest BCUT2D eigenvalue weighted by Gasteiger charge is -2.34. The van der Waals surface area contributed by atoms with Crippen LogP contribution in [-0.4, -0.2) is 51.7 Å². The summed E-state index contributed by atoms with van der Waals surface area (Å²) in [5, 5.41) is 3.43. The van der Waals surface area contributed by atoms with Crippen LogP contribution in [0.15, 0.2) is 64.5 Å². The van der Waals surface area contributed by atoms with E-state index in [0.29, 0.717) is 11.4 Å². The Balaban J connectivity index is 1.52. The Morgan fingerprint density at radius 3 is 2.30 bits per heavy atom. The van der Waals surface area contributed by atoms with Gasteiger partial charge in [0.05, 0.1) is 4.90 Å². The van der Waals surface area contributed by atoms with Gasteiger partial charge in [-0.3, -0.25) is 4.99 Å². The van der Waals surface area contributed by atoms with Crippen molar-refractivity contribution >= 4 is 15.8 Å². The molecule has 1 fully saturated rings. The molecule has 1 saturated heterocycles. The predicted octanol–water partition coefficient (Wildman–Crippen LogP) is 3.55. The van der Waals surface area contributed by atoms with Crippen molar-refractivity contribution in [1.29, 1.82) is 0 Å². The highest BCUT2D eigenvalue weighted by atomic mass is 32.2. The SMILES string of the molecule is CCNC(=NCCc1ccc(S(C)(=O)=O)cc1)N1CCC(Cc2ccccc2)CC1. The lowest BCUT2D eigenvalue weighted by molar-refractivity contribution is 0.259. The maximum atomic E-state index is 11.6. The van der Waals surface area contributed by atoms with Crippen LogP contribution in [0.1, 0.15) is 30.9 Å². The van der Waals surface area contributed by atoms with Crippen LogP contribution < -0.4 is 5.32 Å². The van der Waals surface area contributed by atoms with Gasteiger partial charge < -0.3 is 10.2 Å². The Hall–Kier alpha value is -2.34. The van der Waals surface area contributed by atoms with E-state index in [1.165, 1.54) is 24.7 Å². The molecule has 162 valence electrons. The molecular weight excluding hydrogens is 394 g/mol. The molecule has 30 heavy (non-hydrogen) atoms. The van der Waals surface area contributed by atoms with E-state index >= 15 is 0 Å². The van der Waals surface area contributed by atoms with Crippen LogP contribution in [0.2, 0.25) is 0 Å². The molecule has 0 atom stereocenters. The Morgan fingerprint density at radius 2 is 1.70 bits per heavy atom. The average Bonchev–Trinajstić information content (AvgIpc) is 2.74. The first-order valence-electron chi connectivity index (χ1n) is 10.8. The molecule has 2 aromatic carbocycles. The van der Waals surface area contributed by atoms with E-state index in [-0.39, 0.29) is 0 Å². The lowest BCUT2D eigenvalue weighted by atomic mass is 9.90. The van der Waals surface area contributed by atoms with Gasteiger partial charge in [0, 0.05) is 32.4 Å². The van der Waals surface area contributed by atoms with Crippen molar-refractivity contribution in [2.75, 3.05) is 32.4 Å². The molecule has 0 spiro atoms. The highest BCUT2D eigenvalue weighted by Crippen LogP contribution is 2.21. The van der Waals surface area contributed by atoms with Crippen LogP contribution in [0, 0.1) is 5.92 Å². The van der Waals surface area contributed by atoms with Crippen LogP contribution in [-0.2, 0) is 22.7 Å². The molecule has 5 nitrogen and oxygen atoms in total. The molecule has 1 aliphatic rings. The van der Waals surface area contributed by atoms with Gasteiger partial charge in [-0.15, -0.1) is 0 Å². The fourth-order valence-corrected chi connectivity index (χ4v) is 4.55. The largest absolute Gasteiger partial charge is 0.357 e. The maximum absolute atomic E-state index is 11.6. The highest BCUT2D eigenvalue weighted by Gasteiger charge is 2.21. The van der Waals surface area contributed by atoms with Gasteiger partial charge in [-0.1, -0.05) is 42.5 Å². The van der Waals surface area contributed by atoms with Crippen molar-refractivity contribution in [2.45, 2.75) is 37.5 Å². The molecule has 0 amide bonds. The standard InChI is InChI=1S/C24H33N3O2S/c1-3-25-24(26-16-13-20-9-11-23(12-10-20)30(2,28)29)27-17-14-22(15-18-27)19-21-7-5-4-6-8-21/h4-12,22H,3,13-19H2,1-2H3,(H,25,26). The zero-order valence-electron chi connectivity index (χ0n) is 18.0. The molecule has 0 unspecified atom stereocenters. The third kappa shape index (κ3) is 6.59. The minimum Gasteiger partial charge on any atom is -0.357 e. The third-order valence-electron chi connectivity index (χ3n) is 5.63. The second kappa shape index (κ2) is 10.6. The number of nitrogens with one attached hydrogen (secondary N) is 1. The molecule has 2 aromatic rings. The van der Waals surface area contributed by atoms with E-state index in [4.69, 9.17) is 4.99 Å². The number of rotatable bonds is 7. The molecule has 3 rings (SSSR count). The van der Waals surface area contributed by atoms with E-state index in [1.807, 2.05) is 12.1 Å². The van der Waals surface area contributed by atoms with Crippen LogP contribution in [0.4, 0.5) is 0 Å². The Kier molecular flexibility index (Phi) is 7.91. The number of sulfone groups is 1. The molecule has 0 bridgehead atoms. The van der Waals surface area contributed by atoms with Gasteiger partial charge in [0.2, 0.25) is 0 Å². The summed E-state index contributed by atoms with van der Waals surface area (Å²) in [5.41, 5.74) is 2.53. The van der Waals surface area contributed by atoms with Gasteiger partial charge in [-0.2, -0.15) is 0 Å². The summed E-state index contributed by atoms with van der Waals surface area (Å²) >= 11 is 0. The van der Waals surface area contributed by atoms with Crippen molar-refractivity contribution in [2.24, 2.45) is 10.9 Å². The normalized spacial score (nSPS) is 15.9. The summed E-state index contributed by atoms with van der Waals surface area (Å²) in [5.74, 6) is 1.73. The molecule has 1 heterocycles. The second-order valence-corrected chi connectivity index (χ2v) is 10.0. The number of guanidine groups is 1. The van der Waals surface area contributed by atoms with Crippen LogP contribution in [0.3, 0.4) is 0 Å². The minimum absolute atomic E-state index is 0.362. The fourth-order valence-electron chi connectivity index (χ4n) is 3.92. The average molecular weight is 428 g/mol. The monoisotopic (exact) mass is 427 g/mol. The molecule has 0 saturated carbocycles. The van der Waals surface area contributed by atoms with Crippen molar-refractivity contribution in [3.63, 3.8) is 0 Å². The Bertz CT molecular complexity index is 917. The minimum atomic E-state index is -3.14. The lowest BCUT2D eigenvalue weighted by Crippen LogP contribution is -2.46. The van der Waals surface area contributed by atoms with Gasteiger partial charge in [0.1, 0.15) is 0 Å². The van der Waals surface area contributed by atoms with E-state index in [0.717, 1.165) is 49.9 Å². The van der Waals surface area contributed by atoms with E-state index in [9.17, 15) is 8.42 Å². The van der Waals surface area contributed by atoms with Crippen molar-refractivity contribution in [1.82, 2.24) is 10.2 Å². The highest BCUT2D eigenvalue weighted by molar-refractivity contribution is 7.90. The molecule has 1 aliphatic heterocycles. The number of hydrogen-bond acceptors (Lipinski definition) is 3. The van der Waals surface area contributed by atoms with Gasteiger partial charge in [-0.05, 0) is 61.8 Å². The van der Waals surface area contributed by atoms with Crippen LogP contribution in [0.25, 0.3) is 0 Å². The molecule has 0 aromatic heterocycles. The van der Waals surface area contributed by atoms with E-state index < -0.39 is 9.84 Å². The van der Waals surface area contributed by atoms with Crippen molar-refractivity contribution < 1.29 is 8.42 Å². The molecule has 6 heteroatoms. The number of nitrogens with zero attached hydrogens (tertiary/aromatic N) is 2. The molecule has 0 radical (unpaired) electrons. The maximum Gasteiger partial charge on any atom is 0.193 e. The van der Waals surface area contributed by atoms with Gasteiger partial charge >= 0.3 is 0 Å². The first kappa shape index (κ1) is 22.3. The zero-order valence-corrected chi connectivity index (χ0v) is 18.9. The summed E-state index contributed by atoms with van der Waals surface area (Å²) in [6.07, 6.45) is 5.56. The smallest absolute Gasteiger partial charge is 0.193 e. The van der Waals surface area contributed by atoms with Crippen molar-refractivity contribution in [3.8, 4) is 0 Å². The number of likely N-dealkylation sites (tertiary alicyclic amines) is 1. The summed E-state index contributed by atoms with van der Waals surface area (Å²) in [6, 6.07) is 17.9. The number of aliphatic imine (C=N–C) groups is 1. The quantitative estimate of drug-likeness (QED) is 0.542. The first-order chi connectivity index (χ1) is 14.5. The Labute approximate surface area is 181 Å². The first-order valence-corrected chi connectivity index (χ1v) is 12.7. The van der Waals surface area contributed by atoms with E-state index in [1.54, 1.807) is 12.1 Å². The van der Waals surface area contributed by atoms with Gasteiger partial charge in [0.25, 0.3) is 0 Å². The molecular formula is C24H33N3O2S. The molecule has 1 N–H and O–H groups in total. The summed E-state index contributed by atoms with van der Waals surface area (Å²) in [4.78, 5) is 7.56. The topological polar surface area (TPSA) is 61.8 Å². The van der Waals surface area contributed by atoms with Gasteiger partial charge in [-0.25, -0.2) is 8.42 Å². The summed E-state index contributed by atoms with van der Waals surface area (Å²) in [7, 11) is -3.14. The second-order valence-electron chi connectivity index (χ2n) is 8.02. The predicted molar refractivity (Wildman–Crippen MR) is 124 cm³/mol. The summed E-state index contributed by atoms with van der Waals surface area (Å²) < 4.78 is 23.2. The van der Waals surface area contributed by atoms with Gasteiger partial charge in [0.15, 0.2) is 15.8 Å². The number of hydrogen-bond donors (Lipinski definition) is 1. The third-order valence-corrected chi connectivity index (χ3v) is 6.76. The zero-order chi connectivity index (χ0) is 21.4. The Morgan fingerprint density at radius 1 is 1.03 bits per heavy atom. The summed E-state index contributed by atoms with van der Waals surface area (Å²) in [6.45, 7) is 5.71. The number of piperidine rings is 1. The molecule has 0 aliphatic carbocycles. The van der Waals surface area contributed by atoms with E-state index in [2.05, 4.69) is 47.5 Å². The van der Waals surface area contributed by atoms with Crippen molar-refractivity contribution in [3.05, 3.63) is 65.7 Å². The van der Waals surface area contributed by atoms with Crippen LogP contribution in [0.5, 0.6) is 0 Å². The fraction of sp³-hybridized carbons (Fsp3) is 0.458. The number of benzene rings is 2.